The minimum Gasteiger partial charge on any atom is -0.0856 e. The van der Waals surface area contributed by atoms with Gasteiger partial charge in [-0.3, -0.25) is 0 Å². The summed E-state index contributed by atoms with van der Waals surface area (Å²) < 4.78 is 0.435. The third-order valence-corrected chi connectivity index (χ3v) is 3.00. The van der Waals surface area contributed by atoms with Gasteiger partial charge in [0.1, 0.15) is 0 Å². The van der Waals surface area contributed by atoms with Gasteiger partial charge in [0.25, 0.3) is 0 Å². The van der Waals surface area contributed by atoms with E-state index in [4.69, 9.17) is 0 Å². The molecule has 1 rings (SSSR count). The maximum atomic E-state index is 3.77. The lowest BCUT2D eigenvalue weighted by Gasteiger charge is -2.35. The fourth-order valence-corrected chi connectivity index (χ4v) is 3.50. The van der Waals surface area contributed by atoms with Crippen LogP contribution in [0.1, 0.15) is 40.0 Å². The molecular formula is C9H17Br. The highest BCUT2D eigenvalue weighted by molar-refractivity contribution is 9.10. The zero-order chi connectivity index (χ0) is 7.78. The standard InChI is InChI=1S/C9H17Br/c1-7-4-8(2)6-9(3,10)5-7/h7-8H,4-6H2,1-3H3. The van der Waals surface area contributed by atoms with E-state index in [-0.39, 0.29) is 0 Å². The van der Waals surface area contributed by atoms with Crippen LogP contribution in [0, 0.1) is 11.8 Å². The molecular weight excluding hydrogens is 188 g/mol. The monoisotopic (exact) mass is 204 g/mol. The molecule has 2 unspecified atom stereocenters. The molecule has 0 N–H and O–H groups in total. The maximum absolute atomic E-state index is 3.77. The normalized spacial score (nSPS) is 49.2. The Bertz CT molecular complexity index is 106. The molecule has 1 fully saturated rings. The van der Waals surface area contributed by atoms with Gasteiger partial charge in [0.05, 0.1) is 0 Å². The van der Waals surface area contributed by atoms with Crippen LogP contribution in [0.4, 0.5) is 0 Å². The van der Waals surface area contributed by atoms with Crippen molar-refractivity contribution in [2.24, 2.45) is 11.8 Å². The summed E-state index contributed by atoms with van der Waals surface area (Å²) >= 11 is 3.77. The summed E-state index contributed by atoms with van der Waals surface area (Å²) in [6.45, 7) is 7.03. The maximum Gasteiger partial charge on any atom is 0.0235 e. The largest absolute Gasteiger partial charge is 0.0856 e. The Hall–Kier alpha value is 0.480. The second-order valence-electron chi connectivity index (χ2n) is 4.27. The Morgan fingerprint density at radius 1 is 1.20 bits per heavy atom. The van der Waals surface area contributed by atoms with E-state index in [0.717, 1.165) is 11.8 Å². The first-order valence-corrected chi connectivity index (χ1v) is 4.98. The van der Waals surface area contributed by atoms with Crippen molar-refractivity contribution in [2.75, 3.05) is 0 Å². The third kappa shape index (κ3) is 2.26. The highest BCUT2D eigenvalue weighted by Gasteiger charge is 2.30. The molecule has 0 bridgehead atoms. The average Bonchev–Trinajstić information content (AvgIpc) is 1.54. The van der Waals surface area contributed by atoms with Crippen LogP contribution in [0.15, 0.2) is 0 Å². The van der Waals surface area contributed by atoms with Crippen molar-refractivity contribution in [1.82, 2.24) is 0 Å². The molecule has 0 nitrogen and oxygen atoms in total. The van der Waals surface area contributed by atoms with Crippen LogP contribution in [-0.2, 0) is 0 Å². The number of hydrogen-bond donors (Lipinski definition) is 0. The molecule has 1 saturated carbocycles. The second kappa shape index (κ2) is 2.84. The minimum atomic E-state index is 0.435. The minimum absolute atomic E-state index is 0.435. The molecule has 60 valence electrons. The zero-order valence-corrected chi connectivity index (χ0v) is 8.74. The van der Waals surface area contributed by atoms with Crippen LogP contribution >= 0.6 is 15.9 Å². The Balaban J connectivity index is 2.51. The topological polar surface area (TPSA) is 0 Å². The fourth-order valence-electron chi connectivity index (χ4n) is 2.39. The van der Waals surface area contributed by atoms with Gasteiger partial charge in [0, 0.05) is 4.32 Å². The third-order valence-electron chi connectivity index (χ3n) is 2.35. The van der Waals surface area contributed by atoms with Gasteiger partial charge >= 0.3 is 0 Å². The molecule has 1 heteroatoms. The predicted octanol–water partition coefficient (Wildman–Crippen LogP) is 3.60. The molecule has 0 aliphatic heterocycles. The number of rotatable bonds is 0. The highest BCUT2D eigenvalue weighted by Crippen LogP contribution is 2.40. The summed E-state index contributed by atoms with van der Waals surface area (Å²) in [5.74, 6) is 1.82. The van der Waals surface area contributed by atoms with E-state index in [1.165, 1.54) is 19.3 Å². The first-order valence-electron chi connectivity index (χ1n) is 4.18. The lowest BCUT2D eigenvalue weighted by Crippen LogP contribution is -2.29. The van der Waals surface area contributed by atoms with Gasteiger partial charge in [-0.25, -0.2) is 0 Å². The van der Waals surface area contributed by atoms with Gasteiger partial charge in [0.2, 0.25) is 0 Å². The molecule has 0 saturated heterocycles. The van der Waals surface area contributed by atoms with E-state index >= 15 is 0 Å². The van der Waals surface area contributed by atoms with Gasteiger partial charge < -0.3 is 0 Å². The van der Waals surface area contributed by atoms with Gasteiger partial charge in [-0.05, 0) is 38.0 Å². The molecule has 0 aromatic carbocycles. The summed E-state index contributed by atoms with van der Waals surface area (Å²) in [4.78, 5) is 0. The first-order chi connectivity index (χ1) is 4.49. The van der Waals surface area contributed by atoms with Gasteiger partial charge in [-0.1, -0.05) is 29.8 Å². The van der Waals surface area contributed by atoms with E-state index in [1.807, 2.05) is 0 Å². The summed E-state index contributed by atoms with van der Waals surface area (Å²) in [6.07, 6.45) is 4.11. The smallest absolute Gasteiger partial charge is 0.0235 e. The summed E-state index contributed by atoms with van der Waals surface area (Å²) in [5, 5.41) is 0. The summed E-state index contributed by atoms with van der Waals surface area (Å²) in [7, 11) is 0. The molecule has 0 aromatic rings. The number of halogens is 1. The average molecular weight is 205 g/mol. The van der Waals surface area contributed by atoms with Crippen LogP contribution in [0.5, 0.6) is 0 Å². The molecule has 1 aliphatic carbocycles. The predicted molar refractivity (Wildman–Crippen MR) is 49.5 cm³/mol. The Morgan fingerprint density at radius 3 is 1.90 bits per heavy atom. The van der Waals surface area contributed by atoms with Crippen LogP contribution < -0.4 is 0 Å². The number of alkyl halides is 1. The van der Waals surface area contributed by atoms with Crippen LogP contribution in [0.3, 0.4) is 0 Å². The Kier molecular flexibility index (Phi) is 2.44. The zero-order valence-electron chi connectivity index (χ0n) is 7.15. The van der Waals surface area contributed by atoms with E-state index in [9.17, 15) is 0 Å². The van der Waals surface area contributed by atoms with Gasteiger partial charge in [-0.2, -0.15) is 0 Å². The van der Waals surface area contributed by atoms with Crippen LogP contribution in [0.2, 0.25) is 0 Å². The lowest BCUT2D eigenvalue weighted by molar-refractivity contribution is 0.261. The lowest BCUT2D eigenvalue weighted by atomic mass is 9.77. The highest BCUT2D eigenvalue weighted by atomic mass is 79.9. The van der Waals surface area contributed by atoms with Crippen molar-refractivity contribution in [3.05, 3.63) is 0 Å². The molecule has 0 radical (unpaired) electrons. The second-order valence-corrected chi connectivity index (χ2v) is 6.18. The Morgan fingerprint density at radius 2 is 1.60 bits per heavy atom. The SMILES string of the molecule is CC1CC(C)CC(C)(Br)C1. The summed E-state index contributed by atoms with van der Waals surface area (Å²) in [6, 6.07) is 0. The van der Waals surface area contributed by atoms with Crippen molar-refractivity contribution in [1.29, 1.82) is 0 Å². The first kappa shape index (κ1) is 8.58. The van der Waals surface area contributed by atoms with Gasteiger partial charge in [-0.15, -0.1) is 0 Å². The summed E-state index contributed by atoms with van der Waals surface area (Å²) in [5.41, 5.74) is 0. The van der Waals surface area contributed by atoms with Crippen molar-refractivity contribution in [2.45, 2.75) is 44.4 Å². The molecule has 10 heavy (non-hydrogen) atoms. The van der Waals surface area contributed by atoms with Crippen molar-refractivity contribution in [3.63, 3.8) is 0 Å². The molecule has 1 aliphatic rings. The molecule has 2 atom stereocenters. The van der Waals surface area contributed by atoms with Crippen molar-refractivity contribution < 1.29 is 0 Å². The van der Waals surface area contributed by atoms with Gasteiger partial charge in [0.15, 0.2) is 0 Å². The molecule has 0 heterocycles. The molecule has 0 aromatic heterocycles. The Labute approximate surface area is 72.5 Å². The fraction of sp³-hybridized carbons (Fsp3) is 1.00. The van der Waals surface area contributed by atoms with E-state index in [2.05, 4.69) is 36.7 Å². The molecule has 0 spiro atoms. The van der Waals surface area contributed by atoms with E-state index in [1.54, 1.807) is 0 Å². The number of hydrogen-bond acceptors (Lipinski definition) is 0. The van der Waals surface area contributed by atoms with E-state index in [0.29, 0.717) is 4.32 Å². The van der Waals surface area contributed by atoms with Crippen molar-refractivity contribution in [3.8, 4) is 0 Å². The quantitative estimate of drug-likeness (QED) is 0.530. The molecule has 0 amide bonds. The van der Waals surface area contributed by atoms with Crippen molar-refractivity contribution >= 4 is 15.9 Å². The van der Waals surface area contributed by atoms with E-state index < -0.39 is 0 Å². The van der Waals surface area contributed by atoms with Crippen LogP contribution in [0.25, 0.3) is 0 Å². The van der Waals surface area contributed by atoms with Crippen LogP contribution in [-0.4, -0.2) is 4.32 Å².